The Bertz CT molecular complexity index is 1390. The number of carboxylic acid groups (broad SMARTS) is 1. The van der Waals surface area contributed by atoms with Crippen molar-refractivity contribution in [3.8, 4) is 11.8 Å². The van der Waals surface area contributed by atoms with Crippen molar-refractivity contribution in [3.05, 3.63) is 74.4 Å². The minimum Gasteiger partial charge on any atom is -0.478 e. The summed E-state index contributed by atoms with van der Waals surface area (Å²) in [7, 11) is 0. The number of carbonyl (C=O) groups excluding carboxylic acids is 2. The topological polar surface area (TPSA) is 121 Å². The number of carboxylic acids is 1. The number of aromatic carboxylic acids is 1. The highest BCUT2D eigenvalue weighted by Gasteiger charge is 2.23. The number of hydrogen-bond donors (Lipinski definition) is 2. The van der Waals surface area contributed by atoms with Crippen LogP contribution in [0.4, 0.5) is 5.00 Å². The van der Waals surface area contributed by atoms with Gasteiger partial charge in [-0.25, -0.2) is 9.59 Å². The molecule has 9 heteroatoms. The number of nitriles is 1. The Kier molecular flexibility index (Phi) is 7.57. The number of carbonyl (C=O) groups is 3. The van der Waals surface area contributed by atoms with Gasteiger partial charge in [0.2, 0.25) is 0 Å². The normalized spacial score (nSPS) is 11.1. The highest BCUT2D eigenvalue weighted by Crippen LogP contribution is 2.33. The van der Waals surface area contributed by atoms with Crippen molar-refractivity contribution in [1.82, 2.24) is 4.57 Å². The van der Waals surface area contributed by atoms with Gasteiger partial charge < -0.3 is 19.7 Å². The molecule has 35 heavy (non-hydrogen) atoms. The molecule has 0 spiro atoms. The largest absolute Gasteiger partial charge is 0.478 e. The Morgan fingerprint density at radius 1 is 1.17 bits per heavy atom. The summed E-state index contributed by atoms with van der Waals surface area (Å²) in [6.45, 7) is 9.27. The zero-order valence-electron chi connectivity index (χ0n) is 20.1. The summed E-state index contributed by atoms with van der Waals surface area (Å²) in [5, 5.41) is 21.9. The monoisotopic (exact) mass is 491 g/mol. The first-order chi connectivity index (χ1) is 16.6. The van der Waals surface area contributed by atoms with Crippen LogP contribution in [-0.4, -0.2) is 34.1 Å². The van der Waals surface area contributed by atoms with Crippen molar-refractivity contribution in [2.45, 2.75) is 34.6 Å². The van der Waals surface area contributed by atoms with Gasteiger partial charge in [0.1, 0.15) is 16.6 Å². The molecule has 0 bridgehead atoms. The smallest absolute Gasteiger partial charge is 0.341 e. The SMILES string of the molecule is CCOC(=O)c1c(NC(=O)C(C#N)=Cc2cc(C)n(-c3ccc(C(=O)O)cc3)c2C)sc(C)c1C. The van der Waals surface area contributed by atoms with Crippen LogP contribution in [-0.2, 0) is 9.53 Å². The van der Waals surface area contributed by atoms with E-state index in [1.54, 1.807) is 26.0 Å². The molecule has 0 aliphatic heterocycles. The van der Waals surface area contributed by atoms with Crippen LogP contribution in [0.1, 0.15) is 55.0 Å². The summed E-state index contributed by atoms with van der Waals surface area (Å²) in [5.41, 5.74) is 4.14. The van der Waals surface area contributed by atoms with E-state index in [9.17, 15) is 19.6 Å². The average Bonchev–Trinajstić information content (AvgIpc) is 3.25. The van der Waals surface area contributed by atoms with E-state index in [-0.39, 0.29) is 17.7 Å². The third-order valence-corrected chi connectivity index (χ3v) is 6.72. The van der Waals surface area contributed by atoms with Crippen molar-refractivity contribution < 1.29 is 24.2 Å². The lowest BCUT2D eigenvalue weighted by Gasteiger charge is -2.10. The van der Waals surface area contributed by atoms with Gasteiger partial charge in [0.15, 0.2) is 0 Å². The number of nitrogens with one attached hydrogen (secondary N) is 1. The highest BCUT2D eigenvalue weighted by atomic mass is 32.1. The van der Waals surface area contributed by atoms with Crippen molar-refractivity contribution in [2.75, 3.05) is 11.9 Å². The number of benzene rings is 1. The van der Waals surface area contributed by atoms with E-state index in [4.69, 9.17) is 9.84 Å². The number of anilines is 1. The van der Waals surface area contributed by atoms with Gasteiger partial charge in [0.05, 0.1) is 17.7 Å². The number of hydrogen-bond acceptors (Lipinski definition) is 6. The van der Waals surface area contributed by atoms with E-state index in [0.29, 0.717) is 16.1 Å². The van der Waals surface area contributed by atoms with Gasteiger partial charge in [-0.05, 0) is 82.2 Å². The summed E-state index contributed by atoms with van der Waals surface area (Å²) in [6, 6.07) is 10.2. The van der Waals surface area contributed by atoms with Crippen LogP contribution >= 0.6 is 11.3 Å². The van der Waals surface area contributed by atoms with E-state index in [1.165, 1.54) is 29.5 Å². The van der Waals surface area contributed by atoms with Crippen LogP contribution in [0.15, 0.2) is 35.9 Å². The molecule has 8 nitrogen and oxygen atoms in total. The van der Waals surface area contributed by atoms with Crippen LogP contribution in [0.3, 0.4) is 0 Å². The Hall–Kier alpha value is -4.16. The minimum atomic E-state index is -1.01. The number of ether oxygens (including phenoxy) is 1. The molecule has 2 heterocycles. The van der Waals surface area contributed by atoms with E-state index >= 15 is 0 Å². The van der Waals surface area contributed by atoms with Gasteiger partial charge in [-0.1, -0.05) is 0 Å². The lowest BCUT2D eigenvalue weighted by Crippen LogP contribution is -2.16. The van der Waals surface area contributed by atoms with Crippen LogP contribution in [0, 0.1) is 39.0 Å². The van der Waals surface area contributed by atoms with Crippen LogP contribution in [0.5, 0.6) is 0 Å². The number of nitrogens with zero attached hydrogens (tertiary/aromatic N) is 2. The van der Waals surface area contributed by atoms with Gasteiger partial charge >= 0.3 is 11.9 Å². The molecule has 0 radical (unpaired) electrons. The van der Waals surface area contributed by atoms with Crippen LogP contribution in [0.25, 0.3) is 11.8 Å². The van der Waals surface area contributed by atoms with Gasteiger partial charge in [0, 0.05) is 22.0 Å². The molecule has 180 valence electrons. The predicted molar refractivity (Wildman–Crippen MR) is 134 cm³/mol. The molecule has 1 aromatic carbocycles. The molecular formula is C26H25N3O5S. The molecule has 2 N–H and O–H groups in total. The molecule has 3 aromatic rings. The average molecular weight is 492 g/mol. The second-order valence-electron chi connectivity index (χ2n) is 7.85. The van der Waals surface area contributed by atoms with Crippen LogP contribution in [0.2, 0.25) is 0 Å². The van der Waals surface area contributed by atoms with E-state index in [2.05, 4.69) is 5.32 Å². The van der Waals surface area contributed by atoms with Gasteiger partial charge in [-0.15, -0.1) is 11.3 Å². The maximum atomic E-state index is 13.0. The van der Waals surface area contributed by atoms with Crippen molar-refractivity contribution >= 4 is 40.3 Å². The number of rotatable bonds is 7. The summed E-state index contributed by atoms with van der Waals surface area (Å²) in [6.07, 6.45) is 1.50. The fraction of sp³-hybridized carbons (Fsp3) is 0.231. The molecule has 0 saturated carbocycles. The number of esters is 1. The fourth-order valence-electron chi connectivity index (χ4n) is 3.72. The summed E-state index contributed by atoms with van der Waals surface area (Å²) in [4.78, 5) is 37.4. The lowest BCUT2D eigenvalue weighted by atomic mass is 10.1. The Morgan fingerprint density at radius 3 is 2.40 bits per heavy atom. The molecule has 0 aliphatic rings. The molecule has 1 amide bonds. The minimum absolute atomic E-state index is 0.120. The maximum absolute atomic E-state index is 13.0. The number of aromatic nitrogens is 1. The van der Waals surface area contributed by atoms with Gasteiger partial charge in [0.25, 0.3) is 5.91 Å². The molecule has 0 unspecified atom stereocenters. The van der Waals surface area contributed by atoms with E-state index < -0.39 is 17.8 Å². The van der Waals surface area contributed by atoms with E-state index in [1.807, 2.05) is 37.5 Å². The number of amides is 1. The predicted octanol–water partition coefficient (Wildman–Crippen LogP) is 5.19. The molecule has 0 aliphatic carbocycles. The fourth-order valence-corrected chi connectivity index (χ4v) is 4.77. The number of thiophene rings is 1. The lowest BCUT2D eigenvalue weighted by molar-refractivity contribution is -0.112. The number of aryl methyl sites for hydroxylation is 2. The van der Waals surface area contributed by atoms with Crippen molar-refractivity contribution in [1.29, 1.82) is 5.26 Å². The van der Waals surface area contributed by atoms with Gasteiger partial charge in [-0.3, -0.25) is 4.79 Å². The first-order valence-electron chi connectivity index (χ1n) is 10.8. The quantitative estimate of drug-likeness (QED) is 0.266. The Morgan fingerprint density at radius 2 is 1.83 bits per heavy atom. The maximum Gasteiger partial charge on any atom is 0.341 e. The molecule has 0 fully saturated rings. The molecule has 2 aromatic heterocycles. The highest BCUT2D eigenvalue weighted by molar-refractivity contribution is 7.16. The zero-order chi connectivity index (χ0) is 25.9. The second-order valence-corrected chi connectivity index (χ2v) is 9.07. The summed E-state index contributed by atoms with van der Waals surface area (Å²) >= 11 is 1.25. The third-order valence-electron chi connectivity index (χ3n) is 5.60. The molecule has 0 saturated heterocycles. The summed E-state index contributed by atoms with van der Waals surface area (Å²) < 4.78 is 7.03. The molecule has 0 atom stereocenters. The Balaban J connectivity index is 1.94. The molecule has 3 rings (SSSR count). The Labute approximate surface area is 207 Å². The van der Waals surface area contributed by atoms with Gasteiger partial charge in [-0.2, -0.15) is 5.26 Å². The zero-order valence-corrected chi connectivity index (χ0v) is 20.9. The van der Waals surface area contributed by atoms with Crippen LogP contribution < -0.4 is 5.32 Å². The standard InChI is InChI=1S/C26H25N3O5S/c1-6-34-26(33)22-15(3)17(5)35-24(22)28-23(30)20(13-27)12-19-11-14(2)29(16(19)4)21-9-7-18(8-10-21)25(31)32/h7-12H,6H2,1-5H3,(H,28,30)(H,31,32). The summed E-state index contributed by atoms with van der Waals surface area (Å²) in [5.74, 6) is -2.16. The second kappa shape index (κ2) is 10.4. The third kappa shape index (κ3) is 5.18. The van der Waals surface area contributed by atoms with Crippen molar-refractivity contribution in [3.63, 3.8) is 0 Å². The first kappa shape index (κ1) is 25.5. The van der Waals surface area contributed by atoms with E-state index in [0.717, 1.165) is 27.5 Å². The molecular weight excluding hydrogens is 466 g/mol. The van der Waals surface area contributed by atoms with Crippen molar-refractivity contribution in [2.24, 2.45) is 0 Å². The first-order valence-corrected chi connectivity index (χ1v) is 11.6.